The average Bonchev–Trinajstić information content (AvgIpc) is 3.00. The van der Waals surface area contributed by atoms with Gasteiger partial charge in [0.15, 0.2) is 17.3 Å². The number of ether oxygens (including phenoxy) is 3. The molecule has 1 N–H and O–H groups in total. The zero-order chi connectivity index (χ0) is 27.9. The first-order chi connectivity index (χ1) is 19.6. The molecule has 40 heavy (non-hydrogen) atoms. The number of aliphatic hydroxyl groups excluding tert-OH is 1. The molecule has 3 aromatic carbocycles. The number of nitrogens with zero attached hydrogens (tertiary/aromatic N) is 2. The molecule has 208 valence electrons. The minimum atomic E-state index is -0.0938. The van der Waals surface area contributed by atoms with E-state index in [1.807, 2.05) is 67.6 Å². The molecule has 2 heterocycles. The maximum absolute atomic E-state index is 13.3. The van der Waals surface area contributed by atoms with Crippen molar-refractivity contribution in [2.45, 2.75) is 26.2 Å². The number of fused-ring (bicyclic) bond motifs is 1. The second kappa shape index (κ2) is 12.9. The number of aryl methyl sites for hydroxylation is 1. The Morgan fingerprint density at radius 3 is 2.52 bits per heavy atom. The maximum Gasteiger partial charge on any atom is 0.196 e. The molecular weight excluding hydrogens is 504 g/mol. The summed E-state index contributed by atoms with van der Waals surface area (Å²) in [4.78, 5) is 20.3. The van der Waals surface area contributed by atoms with Crippen molar-refractivity contribution in [1.82, 2.24) is 9.88 Å². The summed E-state index contributed by atoms with van der Waals surface area (Å²) in [5, 5.41) is 10.1. The number of aliphatic hydroxyl groups is 1. The molecule has 1 aliphatic rings. The van der Waals surface area contributed by atoms with Gasteiger partial charge >= 0.3 is 0 Å². The van der Waals surface area contributed by atoms with Crippen LogP contribution in [0.2, 0.25) is 0 Å². The summed E-state index contributed by atoms with van der Waals surface area (Å²) >= 11 is 0. The number of hydrogen-bond acceptors (Lipinski definition) is 7. The lowest BCUT2D eigenvalue weighted by Gasteiger charge is -2.30. The van der Waals surface area contributed by atoms with Gasteiger partial charge in [0.25, 0.3) is 0 Å². The molecule has 0 saturated carbocycles. The second-order valence-electron chi connectivity index (χ2n) is 10.3. The monoisotopic (exact) mass is 540 g/mol. The van der Waals surface area contributed by atoms with Gasteiger partial charge in [-0.15, -0.1) is 0 Å². The Kier molecular flexibility index (Phi) is 8.94. The smallest absolute Gasteiger partial charge is 0.196 e. The average molecular weight is 541 g/mol. The zero-order valence-electron chi connectivity index (χ0n) is 23.1. The van der Waals surface area contributed by atoms with Crippen LogP contribution in [-0.4, -0.2) is 60.7 Å². The van der Waals surface area contributed by atoms with Crippen LogP contribution in [0, 0.1) is 12.8 Å². The Labute approximate surface area is 235 Å². The van der Waals surface area contributed by atoms with E-state index in [0.29, 0.717) is 52.2 Å². The number of carbonyl (C=O) groups excluding carboxylic acids is 1. The van der Waals surface area contributed by atoms with E-state index in [1.54, 1.807) is 19.4 Å². The van der Waals surface area contributed by atoms with Gasteiger partial charge in [-0.25, -0.2) is 0 Å². The summed E-state index contributed by atoms with van der Waals surface area (Å²) in [6.07, 6.45) is 4.69. The Balaban J connectivity index is 1.32. The first-order valence-electron chi connectivity index (χ1n) is 13.9. The van der Waals surface area contributed by atoms with E-state index in [4.69, 9.17) is 14.2 Å². The van der Waals surface area contributed by atoms with Crippen molar-refractivity contribution in [1.29, 1.82) is 0 Å². The van der Waals surface area contributed by atoms with Crippen LogP contribution < -0.4 is 14.2 Å². The Morgan fingerprint density at radius 2 is 1.77 bits per heavy atom. The third-order valence-corrected chi connectivity index (χ3v) is 7.46. The lowest BCUT2D eigenvalue weighted by molar-refractivity contribution is 0.103. The van der Waals surface area contributed by atoms with Crippen molar-refractivity contribution >= 4 is 16.7 Å². The summed E-state index contributed by atoms with van der Waals surface area (Å²) in [7, 11) is 1.62. The number of methoxy groups -OCH3 is 1. The minimum Gasteiger partial charge on any atom is -0.493 e. The number of likely N-dealkylation sites (tertiary alicyclic amines) is 1. The highest BCUT2D eigenvalue weighted by Gasteiger charge is 2.19. The molecule has 0 spiro atoms. The fraction of sp³-hybridized carbons (Fsp3) is 0.333. The number of hydrogen-bond donors (Lipinski definition) is 1. The standard InChI is InChI=1S/C33H36N2O5/c1-23-9-10-29(27(19-23)33(37)25-7-4-3-5-8-25)40-30-11-14-34-28-21-32(31(38-2)20-26(28)30)39-18-6-15-35-16-12-24(22-36)13-17-35/h3-5,7-11,14,19-21,24,36H,6,12-13,15-18,22H2,1-2H3. The van der Waals surface area contributed by atoms with Crippen molar-refractivity contribution in [3.63, 3.8) is 0 Å². The summed E-state index contributed by atoms with van der Waals surface area (Å²) in [6.45, 7) is 5.82. The number of piperidine rings is 1. The molecule has 0 amide bonds. The van der Waals surface area contributed by atoms with Crippen LogP contribution in [0.5, 0.6) is 23.0 Å². The first-order valence-corrected chi connectivity index (χ1v) is 13.9. The van der Waals surface area contributed by atoms with E-state index < -0.39 is 0 Å². The molecule has 1 aromatic heterocycles. The van der Waals surface area contributed by atoms with E-state index in [0.717, 1.165) is 49.8 Å². The number of aromatic nitrogens is 1. The highest BCUT2D eigenvalue weighted by molar-refractivity contribution is 6.11. The fourth-order valence-electron chi connectivity index (χ4n) is 5.13. The molecule has 1 aliphatic heterocycles. The van der Waals surface area contributed by atoms with Crippen molar-refractivity contribution in [3.05, 3.63) is 89.6 Å². The second-order valence-corrected chi connectivity index (χ2v) is 10.3. The molecule has 0 bridgehead atoms. The molecule has 0 radical (unpaired) electrons. The van der Waals surface area contributed by atoms with Gasteiger partial charge in [-0.2, -0.15) is 0 Å². The van der Waals surface area contributed by atoms with Gasteiger partial charge in [0.2, 0.25) is 0 Å². The largest absolute Gasteiger partial charge is 0.493 e. The van der Waals surface area contributed by atoms with E-state index in [1.165, 1.54) is 0 Å². The Bertz CT molecular complexity index is 1450. The molecular formula is C33H36N2O5. The molecule has 5 rings (SSSR count). The van der Waals surface area contributed by atoms with Crippen molar-refractivity contribution in [3.8, 4) is 23.0 Å². The van der Waals surface area contributed by atoms with Gasteiger partial charge in [0.1, 0.15) is 11.5 Å². The Morgan fingerprint density at radius 1 is 0.975 bits per heavy atom. The van der Waals surface area contributed by atoms with Gasteiger partial charge in [0, 0.05) is 36.4 Å². The first kappa shape index (κ1) is 27.6. The number of pyridine rings is 1. The molecule has 7 nitrogen and oxygen atoms in total. The van der Waals surface area contributed by atoms with Crippen molar-refractivity contribution in [2.24, 2.45) is 5.92 Å². The quantitative estimate of drug-likeness (QED) is 0.183. The minimum absolute atomic E-state index is 0.0938. The highest BCUT2D eigenvalue weighted by Crippen LogP contribution is 2.38. The van der Waals surface area contributed by atoms with Crippen LogP contribution in [0.3, 0.4) is 0 Å². The maximum atomic E-state index is 13.3. The third-order valence-electron chi connectivity index (χ3n) is 7.46. The SMILES string of the molecule is COc1cc2c(Oc3ccc(C)cc3C(=O)c3ccccc3)ccnc2cc1OCCCN1CCC(CO)CC1. The van der Waals surface area contributed by atoms with E-state index in [9.17, 15) is 9.90 Å². The molecule has 4 aromatic rings. The van der Waals surface area contributed by atoms with Crippen LogP contribution >= 0.6 is 0 Å². The predicted octanol–water partition coefficient (Wildman–Crippen LogP) is 6.05. The third kappa shape index (κ3) is 6.43. The summed E-state index contributed by atoms with van der Waals surface area (Å²) < 4.78 is 18.2. The lowest BCUT2D eigenvalue weighted by Crippen LogP contribution is -2.35. The van der Waals surface area contributed by atoms with Crippen molar-refractivity contribution in [2.75, 3.05) is 40.0 Å². The number of benzene rings is 3. The fourth-order valence-corrected chi connectivity index (χ4v) is 5.13. The van der Waals surface area contributed by atoms with Gasteiger partial charge in [-0.05, 0) is 69.5 Å². The zero-order valence-corrected chi connectivity index (χ0v) is 23.1. The van der Waals surface area contributed by atoms with Crippen molar-refractivity contribution < 1.29 is 24.1 Å². The topological polar surface area (TPSA) is 81.1 Å². The van der Waals surface area contributed by atoms with Crippen LogP contribution in [0.1, 0.15) is 40.7 Å². The summed E-state index contributed by atoms with van der Waals surface area (Å²) in [5.41, 5.74) is 2.80. The molecule has 0 unspecified atom stereocenters. The van der Waals surface area contributed by atoms with E-state index >= 15 is 0 Å². The Hall–Kier alpha value is -3.94. The molecule has 1 fully saturated rings. The summed E-state index contributed by atoms with van der Waals surface area (Å²) in [5.74, 6) is 2.63. The molecule has 0 aliphatic carbocycles. The van der Waals surface area contributed by atoms with Gasteiger partial charge in [-0.3, -0.25) is 9.78 Å². The predicted molar refractivity (Wildman–Crippen MR) is 156 cm³/mol. The van der Waals surface area contributed by atoms with E-state index in [2.05, 4.69) is 9.88 Å². The number of rotatable bonds is 11. The van der Waals surface area contributed by atoms with E-state index in [-0.39, 0.29) is 12.4 Å². The lowest BCUT2D eigenvalue weighted by atomic mass is 9.98. The number of carbonyl (C=O) groups is 1. The van der Waals surface area contributed by atoms with Crippen LogP contribution in [0.4, 0.5) is 0 Å². The van der Waals surface area contributed by atoms with Gasteiger partial charge < -0.3 is 24.2 Å². The molecule has 7 heteroatoms. The highest BCUT2D eigenvalue weighted by atomic mass is 16.5. The van der Waals surface area contributed by atoms with Crippen LogP contribution in [-0.2, 0) is 0 Å². The normalized spacial score (nSPS) is 14.3. The van der Waals surface area contributed by atoms with Gasteiger partial charge in [0.05, 0.1) is 24.8 Å². The van der Waals surface area contributed by atoms with Gasteiger partial charge in [-0.1, -0.05) is 42.0 Å². The molecule has 0 atom stereocenters. The number of ketones is 1. The van der Waals surface area contributed by atoms with Crippen LogP contribution in [0.25, 0.3) is 10.9 Å². The molecule has 1 saturated heterocycles. The summed E-state index contributed by atoms with van der Waals surface area (Å²) in [6, 6.07) is 20.4. The van der Waals surface area contributed by atoms with Crippen LogP contribution in [0.15, 0.2) is 72.9 Å².